The number of nitrogens with zero attached hydrogens (tertiary/aromatic N) is 2. The molecule has 1 aliphatic rings. The quantitative estimate of drug-likeness (QED) is 0.0823. The largest absolute Gasteiger partial charge is 1.00 e. The molecule has 0 bridgehead atoms. The molecule has 0 amide bonds. The van der Waals surface area contributed by atoms with Crippen molar-refractivity contribution in [3.8, 4) is 0 Å². The van der Waals surface area contributed by atoms with Crippen LogP contribution < -0.4 is 51.4 Å². The number of aliphatic hydroxyl groups is 1. The molecular weight excluding hydrogens is 516 g/mol. The van der Waals surface area contributed by atoms with Gasteiger partial charge in [-0.25, -0.2) is 4.99 Å². The molecule has 0 saturated carbocycles. The second-order valence-corrected chi connectivity index (χ2v) is 11.2. The molecule has 2 rings (SSSR count). The molecule has 2 atom stereocenters. The summed E-state index contributed by atoms with van der Waals surface area (Å²) >= 11 is 0. The van der Waals surface area contributed by atoms with Crippen LogP contribution in [-0.2, 0) is 12.8 Å². The van der Waals surface area contributed by atoms with E-state index in [4.69, 9.17) is 11.6 Å². The van der Waals surface area contributed by atoms with Crippen LogP contribution in [0.2, 0.25) is 0 Å². The van der Waals surface area contributed by atoms with E-state index in [1.54, 1.807) is 0 Å². The van der Waals surface area contributed by atoms with Gasteiger partial charge in [0.1, 0.15) is 0 Å². The van der Waals surface area contributed by atoms with Crippen molar-refractivity contribution in [2.45, 2.75) is 127 Å². The number of hydrogen-bond acceptors (Lipinski definition) is 2. The molecule has 1 aliphatic heterocycles. The molecule has 1 fully saturated rings. The van der Waals surface area contributed by atoms with Gasteiger partial charge in [0.05, 0.1) is 5.84 Å². The average Bonchev–Trinajstić information content (AvgIpc) is 3.33. The molecule has 0 aromatic heterocycles. The average molecular weight is 569 g/mol. The van der Waals surface area contributed by atoms with E-state index in [1.165, 1.54) is 39.0 Å². The van der Waals surface area contributed by atoms with Gasteiger partial charge in [-0.1, -0.05) is 80.5 Å². The molecule has 2 unspecified atom stereocenters. The van der Waals surface area contributed by atoms with Gasteiger partial charge in [0.2, 0.25) is 5.88 Å². The third kappa shape index (κ3) is 7.80. The van der Waals surface area contributed by atoms with Crippen LogP contribution >= 0.6 is 0 Å². The van der Waals surface area contributed by atoms with Crippen molar-refractivity contribution in [1.82, 2.24) is 4.90 Å². The third-order valence-corrected chi connectivity index (χ3v) is 8.76. The van der Waals surface area contributed by atoms with Gasteiger partial charge in [-0.3, -0.25) is 0 Å². The predicted octanol–water partition coefficient (Wildman–Crippen LogP) is 7.01. The number of likely N-dealkylation sites (tertiary alicyclic amines) is 1. The summed E-state index contributed by atoms with van der Waals surface area (Å²) in [5, 5.41) is 10.4. The van der Waals surface area contributed by atoms with E-state index in [0.29, 0.717) is 12.1 Å². The predicted molar refractivity (Wildman–Crippen MR) is 172 cm³/mol. The summed E-state index contributed by atoms with van der Waals surface area (Å²) in [5.74, 6) is 0.713. The molecule has 40 heavy (non-hydrogen) atoms. The summed E-state index contributed by atoms with van der Waals surface area (Å²) < 4.78 is 0. The molecule has 1 aromatic carbocycles. The second-order valence-electron chi connectivity index (χ2n) is 11.2. The zero-order chi connectivity index (χ0) is 29.6. The van der Waals surface area contributed by atoms with Crippen molar-refractivity contribution < 1.29 is 56.5 Å². The van der Waals surface area contributed by atoms with Gasteiger partial charge in [0.25, 0.3) is 0 Å². The molecular formula is C36H53KN2O. The minimum absolute atomic E-state index is 0. The number of hydrogen-bond donors (Lipinski definition) is 1. The van der Waals surface area contributed by atoms with E-state index in [2.05, 4.69) is 99.8 Å². The Labute approximate surface area is 288 Å². The number of benzene rings is 1. The smallest absolute Gasteiger partial charge is 0.494 e. The standard InChI is InChI=1S/C36H53N2O.K/c1-14-23(8)26(11)35(25(10)22(6)7)27(12)33-21-24(9)34(32(18-5)31(33)17-4)36(37-28(13)39)38-29(15-2)19-20-30(38)16-3;/h14,29-30,39H,12-13,15-20H2,1-11H3;/q-1;+1/b23-14-,35-26-,37-36+;. The molecule has 0 radical (unpaired) electrons. The number of aryl methyl sites for hydroxylation is 1. The molecule has 1 N–H and O–H groups in total. The molecule has 3 nitrogen and oxygen atoms in total. The molecule has 4 heteroatoms. The van der Waals surface area contributed by atoms with Gasteiger partial charge in [0.15, 0.2) is 0 Å². The Morgan fingerprint density at radius 1 is 0.950 bits per heavy atom. The third-order valence-electron chi connectivity index (χ3n) is 8.76. The van der Waals surface area contributed by atoms with E-state index in [9.17, 15) is 5.11 Å². The fourth-order valence-electron chi connectivity index (χ4n) is 6.19. The maximum Gasteiger partial charge on any atom is 1.00 e. The minimum atomic E-state index is -0.142. The van der Waals surface area contributed by atoms with Crippen LogP contribution in [0.4, 0.5) is 0 Å². The Morgan fingerprint density at radius 2 is 1.48 bits per heavy atom. The monoisotopic (exact) mass is 568 g/mol. The summed E-state index contributed by atoms with van der Waals surface area (Å²) in [5.41, 5.74) is 13.1. The Hall–Kier alpha value is -1.17. The normalized spacial score (nSPS) is 18.3. The first kappa shape index (κ1) is 36.9. The molecule has 1 heterocycles. The van der Waals surface area contributed by atoms with Gasteiger partial charge in [-0.15, -0.1) is 34.9 Å². The maximum atomic E-state index is 10.4. The van der Waals surface area contributed by atoms with Gasteiger partial charge >= 0.3 is 51.4 Å². The number of aliphatic hydroxyl groups excluding tert-OH is 1. The molecule has 1 saturated heterocycles. The van der Waals surface area contributed by atoms with Crippen LogP contribution in [0.15, 0.2) is 58.0 Å². The van der Waals surface area contributed by atoms with Crippen molar-refractivity contribution in [3.63, 3.8) is 0 Å². The van der Waals surface area contributed by atoms with Gasteiger partial charge in [-0.2, -0.15) is 0 Å². The number of allylic oxidation sites excluding steroid dienone is 7. The van der Waals surface area contributed by atoms with Crippen molar-refractivity contribution in [3.05, 3.63) is 86.9 Å². The fourth-order valence-corrected chi connectivity index (χ4v) is 6.19. The van der Waals surface area contributed by atoms with E-state index in [-0.39, 0.29) is 57.3 Å². The van der Waals surface area contributed by atoms with Crippen molar-refractivity contribution in [2.75, 3.05) is 0 Å². The Kier molecular flexibility index (Phi) is 15.2. The number of amidine groups is 1. The molecule has 1 aromatic rings. The zero-order valence-corrected chi connectivity index (χ0v) is 30.9. The summed E-state index contributed by atoms with van der Waals surface area (Å²) in [6, 6.07) is 4.61. The van der Waals surface area contributed by atoms with Crippen molar-refractivity contribution in [1.29, 1.82) is 0 Å². The topological polar surface area (TPSA) is 35.8 Å². The Bertz CT molecular complexity index is 1210. The van der Waals surface area contributed by atoms with E-state index >= 15 is 0 Å². The first-order valence-electron chi connectivity index (χ1n) is 14.9. The van der Waals surface area contributed by atoms with Crippen LogP contribution in [-0.4, -0.2) is 27.9 Å². The SMILES string of the molecule is C=C(O)/N=C(\c1c(C)[c-]c(C(=C)/C(C(C)=C(C)C)=C(C)\C(C)=C/C)c(CC)c1CC)N1C(CC)CCC1CC.[K+]. The van der Waals surface area contributed by atoms with Crippen LogP contribution in [0.25, 0.3) is 5.57 Å². The summed E-state index contributed by atoms with van der Waals surface area (Å²) in [7, 11) is 0. The second kappa shape index (κ2) is 16.5. The molecule has 0 aliphatic carbocycles. The van der Waals surface area contributed by atoms with Crippen LogP contribution in [0, 0.1) is 13.0 Å². The minimum Gasteiger partial charge on any atom is -0.494 e. The summed E-state index contributed by atoms with van der Waals surface area (Å²) in [4.78, 5) is 7.21. The van der Waals surface area contributed by atoms with E-state index < -0.39 is 0 Å². The number of rotatable bonds is 10. The summed E-state index contributed by atoms with van der Waals surface area (Å²) in [6.45, 7) is 32.6. The van der Waals surface area contributed by atoms with Gasteiger partial charge < -0.3 is 10.0 Å². The van der Waals surface area contributed by atoms with Crippen molar-refractivity contribution >= 4 is 11.4 Å². The summed E-state index contributed by atoms with van der Waals surface area (Å²) in [6.07, 6.45) is 8.29. The van der Waals surface area contributed by atoms with Crippen LogP contribution in [0.3, 0.4) is 0 Å². The van der Waals surface area contributed by atoms with Crippen LogP contribution in [0.1, 0.15) is 123 Å². The van der Waals surface area contributed by atoms with Crippen molar-refractivity contribution in [2.24, 2.45) is 4.99 Å². The van der Waals surface area contributed by atoms with Gasteiger partial charge in [-0.05, 0) is 85.8 Å². The van der Waals surface area contributed by atoms with E-state index in [0.717, 1.165) is 66.6 Å². The first-order valence-corrected chi connectivity index (χ1v) is 14.9. The maximum absolute atomic E-state index is 10.4. The number of aliphatic imine (C=N–C) groups is 1. The molecule has 214 valence electrons. The first-order chi connectivity index (χ1) is 18.4. The van der Waals surface area contributed by atoms with Crippen LogP contribution in [0.5, 0.6) is 0 Å². The van der Waals surface area contributed by atoms with Gasteiger partial charge in [0, 0.05) is 12.1 Å². The Morgan fingerprint density at radius 3 is 1.88 bits per heavy atom. The van der Waals surface area contributed by atoms with E-state index in [1.807, 2.05) is 0 Å². The fraction of sp³-hybridized carbons (Fsp3) is 0.528. The zero-order valence-electron chi connectivity index (χ0n) is 27.7. The Balaban J connectivity index is 0.00000800. The molecule has 0 spiro atoms.